The van der Waals surface area contributed by atoms with E-state index in [-0.39, 0.29) is 16.7 Å². The molecule has 0 saturated carbocycles. The van der Waals surface area contributed by atoms with Crippen molar-refractivity contribution in [1.29, 1.82) is 0 Å². The van der Waals surface area contributed by atoms with Gasteiger partial charge in [-0.2, -0.15) is 0 Å². The fraction of sp³-hybridized carbons (Fsp3) is 0.812. The summed E-state index contributed by atoms with van der Waals surface area (Å²) >= 11 is 0. The minimum Gasteiger partial charge on any atom is -0.402 e. The minimum absolute atomic E-state index is 0.00552. The van der Waals surface area contributed by atoms with Gasteiger partial charge < -0.3 is 14.3 Å². The second kappa shape index (κ2) is 5.30. The summed E-state index contributed by atoms with van der Waals surface area (Å²) in [5, 5.41) is 10.6. The highest BCUT2D eigenvalue weighted by Crippen LogP contribution is 2.42. The highest BCUT2D eigenvalue weighted by atomic mass is 28.4. The van der Waals surface area contributed by atoms with Gasteiger partial charge in [0.25, 0.3) is 0 Å². The number of hydrogen-bond acceptors (Lipinski definition) is 4. The monoisotopic (exact) mass is 312 g/mol. The van der Waals surface area contributed by atoms with Crippen LogP contribution in [0.5, 0.6) is 0 Å². The number of ketones is 1. The predicted octanol–water partition coefficient (Wildman–Crippen LogP) is 2.67. The Morgan fingerprint density at radius 2 is 2.05 bits per heavy atom. The highest BCUT2D eigenvalue weighted by molar-refractivity contribution is 6.74. The molecule has 3 atom stereocenters. The van der Waals surface area contributed by atoms with Gasteiger partial charge in [-0.25, -0.2) is 0 Å². The van der Waals surface area contributed by atoms with Gasteiger partial charge in [0.05, 0.1) is 19.3 Å². The number of ether oxygens (including phenoxy) is 1. The summed E-state index contributed by atoms with van der Waals surface area (Å²) in [5.41, 5.74) is -0.137. The first-order valence-electron chi connectivity index (χ1n) is 7.68. The van der Waals surface area contributed by atoms with E-state index in [1.54, 1.807) is 13.0 Å². The fourth-order valence-corrected chi connectivity index (χ4v) is 4.30. The van der Waals surface area contributed by atoms with E-state index in [4.69, 9.17) is 9.16 Å². The van der Waals surface area contributed by atoms with Crippen molar-refractivity contribution < 1.29 is 19.1 Å². The first-order valence-corrected chi connectivity index (χ1v) is 10.6. The van der Waals surface area contributed by atoms with Crippen LogP contribution in [0.3, 0.4) is 0 Å². The zero-order chi connectivity index (χ0) is 16.1. The van der Waals surface area contributed by atoms with Gasteiger partial charge in [0.15, 0.2) is 14.1 Å². The quantitative estimate of drug-likeness (QED) is 0.797. The highest BCUT2D eigenvalue weighted by Gasteiger charge is 2.51. The summed E-state index contributed by atoms with van der Waals surface area (Å²) in [4.78, 5) is 12.7. The zero-order valence-electron chi connectivity index (χ0n) is 14.0. The molecule has 1 N–H and O–H groups in total. The summed E-state index contributed by atoms with van der Waals surface area (Å²) in [6, 6.07) is 0. The molecular formula is C16H28O4Si. The average molecular weight is 312 g/mol. The number of carbonyl (C=O) groups excluding carboxylic acids is 1. The lowest BCUT2D eigenvalue weighted by Gasteiger charge is -2.44. The van der Waals surface area contributed by atoms with E-state index in [0.29, 0.717) is 19.6 Å². The van der Waals surface area contributed by atoms with Crippen LogP contribution in [0, 0.1) is 5.92 Å². The molecule has 0 amide bonds. The molecule has 1 heterocycles. The van der Waals surface area contributed by atoms with Crippen molar-refractivity contribution in [2.45, 2.75) is 64.0 Å². The smallest absolute Gasteiger partial charge is 0.193 e. The number of fused-ring (bicyclic) bond motifs is 1. The van der Waals surface area contributed by atoms with Gasteiger partial charge in [0.1, 0.15) is 5.60 Å². The Morgan fingerprint density at radius 3 is 2.62 bits per heavy atom. The molecule has 5 heteroatoms. The van der Waals surface area contributed by atoms with Crippen LogP contribution < -0.4 is 0 Å². The number of rotatable bonds is 2. The Hall–Kier alpha value is -0.493. The third-order valence-electron chi connectivity index (χ3n) is 5.33. The maximum atomic E-state index is 12.7. The summed E-state index contributed by atoms with van der Waals surface area (Å²) in [5.74, 6) is 0.0246. The lowest BCUT2D eigenvalue weighted by Crippen LogP contribution is -2.57. The number of aliphatic hydroxyl groups is 1. The van der Waals surface area contributed by atoms with E-state index in [9.17, 15) is 9.90 Å². The first-order chi connectivity index (χ1) is 9.47. The third kappa shape index (κ3) is 3.02. The molecule has 1 fully saturated rings. The number of hydrogen-bond donors (Lipinski definition) is 1. The van der Waals surface area contributed by atoms with Crippen molar-refractivity contribution in [3.05, 3.63) is 11.6 Å². The summed E-state index contributed by atoms with van der Waals surface area (Å²) in [7, 11) is -2.15. The molecule has 0 aromatic heterocycles. The van der Waals surface area contributed by atoms with Crippen LogP contribution in [0.25, 0.3) is 0 Å². The molecule has 0 aromatic rings. The van der Waals surface area contributed by atoms with E-state index in [0.717, 1.165) is 5.57 Å². The van der Waals surface area contributed by atoms with Crippen molar-refractivity contribution in [2.24, 2.45) is 5.92 Å². The van der Waals surface area contributed by atoms with E-state index in [1.165, 1.54) is 0 Å². The lowest BCUT2D eigenvalue weighted by atomic mass is 9.90. The van der Waals surface area contributed by atoms with Gasteiger partial charge in [0.2, 0.25) is 0 Å². The van der Waals surface area contributed by atoms with Gasteiger partial charge >= 0.3 is 0 Å². The van der Waals surface area contributed by atoms with E-state index >= 15 is 0 Å². The van der Waals surface area contributed by atoms with E-state index in [2.05, 4.69) is 33.9 Å². The molecular weight excluding hydrogens is 284 g/mol. The first kappa shape index (κ1) is 16.9. The van der Waals surface area contributed by atoms with Gasteiger partial charge in [-0.1, -0.05) is 20.8 Å². The molecule has 2 rings (SSSR count). The Kier molecular flexibility index (Phi) is 4.26. The van der Waals surface area contributed by atoms with E-state index in [1.807, 2.05) is 0 Å². The molecule has 1 aliphatic carbocycles. The maximum Gasteiger partial charge on any atom is 0.193 e. The topological polar surface area (TPSA) is 55.8 Å². The number of carbonyl (C=O) groups is 1. The molecule has 0 aromatic carbocycles. The van der Waals surface area contributed by atoms with Crippen LogP contribution in [-0.4, -0.2) is 44.1 Å². The molecule has 120 valence electrons. The molecule has 1 aliphatic heterocycles. The minimum atomic E-state index is -2.15. The van der Waals surface area contributed by atoms with Crippen LogP contribution >= 0.6 is 0 Å². The Bertz CT molecular complexity index is 463. The Balaban J connectivity index is 2.32. The van der Waals surface area contributed by atoms with Crippen molar-refractivity contribution in [2.75, 3.05) is 13.2 Å². The van der Waals surface area contributed by atoms with Crippen molar-refractivity contribution >= 4 is 14.1 Å². The Morgan fingerprint density at radius 1 is 1.43 bits per heavy atom. The van der Waals surface area contributed by atoms with Crippen LogP contribution in [0.2, 0.25) is 18.1 Å². The predicted molar refractivity (Wildman–Crippen MR) is 84.7 cm³/mol. The summed E-state index contributed by atoms with van der Waals surface area (Å²) < 4.78 is 11.8. The second-order valence-electron chi connectivity index (χ2n) is 8.02. The van der Waals surface area contributed by atoms with Crippen LogP contribution in [0.1, 0.15) is 34.1 Å². The van der Waals surface area contributed by atoms with Gasteiger partial charge in [-0.15, -0.1) is 0 Å². The van der Waals surface area contributed by atoms with Crippen LogP contribution in [0.15, 0.2) is 11.6 Å². The van der Waals surface area contributed by atoms with Gasteiger partial charge in [-0.3, -0.25) is 4.79 Å². The third-order valence-corrected chi connectivity index (χ3v) is 9.88. The largest absolute Gasteiger partial charge is 0.402 e. The SMILES string of the molecule is CC(C)(C)[Si](C)(C)O[C@@]1(C)C(=O)C=C2COC[C@@H]2C[C@@H]1O. The molecule has 4 nitrogen and oxygen atoms in total. The van der Waals surface area contributed by atoms with Crippen LogP contribution in [-0.2, 0) is 14.0 Å². The molecule has 0 bridgehead atoms. The lowest BCUT2D eigenvalue weighted by molar-refractivity contribution is -0.140. The molecule has 2 aliphatic rings. The number of aliphatic hydroxyl groups excluding tert-OH is 1. The molecule has 21 heavy (non-hydrogen) atoms. The maximum absolute atomic E-state index is 12.7. The fourth-order valence-electron chi connectivity index (χ4n) is 2.69. The zero-order valence-corrected chi connectivity index (χ0v) is 15.0. The van der Waals surface area contributed by atoms with Gasteiger partial charge in [0, 0.05) is 5.92 Å². The van der Waals surface area contributed by atoms with E-state index < -0.39 is 20.0 Å². The average Bonchev–Trinajstić information content (AvgIpc) is 2.70. The molecule has 0 spiro atoms. The summed E-state index contributed by atoms with van der Waals surface area (Å²) in [6.45, 7) is 13.5. The van der Waals surface area contributed by atoms with Gasteiger partial charge in [-0.05, 0) is 43.1 Å². The van der Waals surface area contributed by atoms with Crippen molar-refractivity contribution in [3.63, 3.8) is 0 Å². The second-order valence-corrected chi connectivity index (χ2v) is 12.7. The Labute approximate surface area is 128 Å². The van der Waals surface area contributed by atoms with Crippen molar-refractivity contribution in [1.82, 2.24) is 0 Å². The standard InChI is InChI=1S/C16H28O4Si/c1-15(2,3)21(5,6)20-16(4)13(17)7-11-9-19-10-12(11)8-14(16)18/h7,12,14,18H,8-10H2,1-6H3/t12-,14-,16-/m0/s1. The summed E-state index contributed by atoms with van der Waals surface area (Å²) in [6.07, 6.45) is 1.39. The molecule has 0 radical (unpaired) electrons. The van der Waals surface area contributed by atoms with Crippen molar-refractivity contribution in [3.8, 4) is 0 Å². The molecule has 0 unspecified atom stereocenters. The normalized spacial score (nSPS) is 34.4. The van der Waals surface area contributed by atoms with Crippen LogP contribution in [0.4, 0.5) is 0 Å². The molecule has 1 saturated heterocycles.